The van der Waals surface area contributed by atoms with Crippen LogP contribution in [0.3, 0.4) is 0 Å². The van der Waals surface area contributed by atoms with E-state index in [-0.39, 0.29) is 0 Å². The van der Waals surface area contributed by atoms with Crippen LogP contribution in [0.5, 0.6) is 0 Å². The van der Waals surface area contributed by atoms with E-state index in [4.69, 9.17) is 0 Å². The van der Waals surface area contributed by atoms with Gasteiger partial charge < -0.3 is 5.32 Å². The number of hydrogen-bond acceptors (Lipinski definition) is 3. The predicted molar refractivity (Wildman–Crippen MR) is 67.9 cm³/mol. The molecule has 0 bridgehead atoms. The molecule has 0 saturated carbocycles. The first kappa shape index (κ1) is 11.7. The molecule has 0 atom stereocenters. The highest BCUT2D eigenvalue weighted by Crippen LogP contribution is 2.15. The van der Waals surface area contributed by atoms with Crippen molar-refractivity contribution in [3.8, 4) is 0 Å². The first-order valence-corrected chi connectivity index (χ1v) is 5.87. The van der Waals surface area contributed by atoms with Crippen molar-refractivity contribution < 1.29 is 0 Å². The highest BCUT2D eigenvalue weighted by atomic mass is 15.3. The maximum absolute atomic E-state index is 4.32. The van der Waals surface area contributed by atoms with Gasteiger partial charge in [-0.25, -0.2) is 0 Å². The summed E-state index contributed by atoms with van der Waals surface area (Å²) in [5, 5.41) is 12.0. The van der Waals surface area contributed by atoms with Crippen molar-refractivity contribution in [1.82, 2.24) is 19.6 Å². The van der Waals surface area contributed by atoms with Crippen molar-refractivity contribution in [2.24, 2.45) is 7.05 Å². The lowest BCUT2D eigenvalue weighted by molar-refractivity contribution is 0.640. The molecule has 0 radical (unpaired) electrons. The van der Waals surface area contributed by atoms with Gasteiger partial charge in [-0.3, -0.25) is 9.36 Å². The zero-order chi connectivity index (χ0) is 12.4. The topological polar surface area (TPSA) is 47.7 Å². The molecule has 0 aromatic carbocycles. The minimum absolute atomic E-state index is 0.788. The molecular formula is C12H19N5. The van der Waals surface area contributed by atoms with Crippen LogP contribution in [0.15, 0.2) is 12.4 Å². The minimum Gasteiger partial charge on any atom is -0.378 e. The predicted octanol–water partition coefficient (Wildman–Crippen LogP) is 1.87. The summed E-state index contributed by atoms with van der Waals surface area (Å²) >= 11 is 0. The Labute approximate surface area is 101 Å². The van der Waals surface area contributed by atoms with Gasteiger partial charge in [0.05, 0.1) is 23.3 Å². The first-order valence-electron chi connectivity index (χ1n) is 5.87. The van der Waals surface area contributed by atoms with Gasteiger partial charge in [-0.1, -0.05) is 0 Å². The summed E-state index contributed by atoms with van der Waals surface area (Å²) in [6, 6.07) is 0. The Balaban J connectivity index is 2.07. The number of aryl methyl sites for hydroxylation is 3. The second-order valence-corrected chi connectivity index (χ2v) is 4.23. The zero-order valence-electron chi connectivity index (χ0n) is 10.9. The third-order valence-corrected chi connectivity index (χ3v) is 2.99. The lowest BCUT2D eigenvalue weighted by Gasteiger charge is -2.05. The van der Waals surface area contributed by atoms with Crippen LogP contribution in [-0.4, -0.2) is 19.6 Å². The Morgan fingerprint density at radius 1 is 1.35 bits per heavy atom. The molecule has 17 heavy (non-hydrogen) atoms. The van der Waals surface area contributed by atoms with E-state index in [0.29, 0.717) is 0 Å². The molecule has 5 heteroatoms. The van der Waals surface area contributed by atoms with E-state index in [1.807, 2.05) is 35.7 Å². The molecule has 5 nitrogen and oxygen atoms in total. The van der Waals surface area contributed by atoms with Crippen LogP contribution in [0.2, 0.25) is 0 Å². The Morgan fingerprint density at radius 3 is 2.65 bits per heavy atom. The van der Waals surface area contributed by atoms with E-state index < -0.39 is 0 Å². The highest BCUT2D eigenvalue weighted by molar-refractivity contribution is 5.46. The van der Waals surface area contributed by atoms with E-state index in [1.165, 1.54) is 11.3 Å². The summed E-state index contributed by atoms with van der Waals surface area (Å²) in [4.78, 5) is 0. The van der Waals surface area contributed by atoms with Crippen LogP contribution < -0.4 is 5.32 Å². The monoisotopic (exact) mass is 233 g/mol. The lowest BCUT2D eigenvalue weighted by atomic mass is 10.2. The first-order chi connectivity index (χ1) is 8.11. The molecule has 2 aromatic rings. The van der Waals surface area contributed by atoms with Gasteiger partial charge in [0, 0.05) is 31.9 Å². The van der Waals surface area contributed by atoms with Crippen LogP contribution >= 0.6 is 0 Å². The zero-order valence-corrected chi connectivity index (χ0v) is 10.9. The van der Waals surface area contributed by atoms with Gasteiger partial charge in [0.15, 0.2) is 0 Å². The van der Waals surface area contributed by atoms with Crippen molar-refractivity contribution in [2.75, 3.05) is 5.32 Å². The summed E-state index contributed by atoms with van der Waals surface area (Å²) in [5.74, 6) is 0. The van der Waals surface area contributed by atoms with Gasteiger partial charge in [-0.15, -0.1) is 0 Å². The average molecular weight is 233 g/mol. The smallest absolute Gasteiger partial charge is 0.0758 e. The Hall–Kier alpha value is -1.78. The summed E-state index contributed by atoms with van der Waals surface area (Å²) in [6.07, 6.45) is 3.92. The molecule has 92 valence electrons. The van der Waals surface area contributed by atoms with Gasteiger partial charge in [0.25, 0.3) is 0 Å². The van der Waals surface area contributed by atoms with Crippen molar-refractivity contribution in [3.05, 3.63) is 29.3 Å². The number of hydrogen-bond donors (Lipinski definition) is 1. The molecular weight excluding hydrogens is 214 g/mol. The number of nitrogens with zero attached hydrogens (tertiary/aromatic N) is 4. The third kappa shape index (κ3) is 2.33. The molecule has 0 amide bonds. The molecule has 0 unspecified atom stereocenters. The maximum atomic E-state index is 4.32. The molecule has 0 saturated heterocycles. The van der Waals surface area contributed by atoms with Crippen molar-refractivity contribution in [2.45, 2.75) is 33.9 Å². The number of nitrogens with one attached hydrogen (secondary N) is 1. The maximum Gasteiger partial charge on any atom is 0.0758 e. The molecule has 0 fully saturated rings. The Bertz CT molecular complexity index is 509. The molecule has 0 spiro atoms. The quantitative estimate of drug-likeness (QED) is 0.877. The largest absolute Gasteiger partial charge is 0.378 e. The summed E-state index contributed by atoms with van der Waals surface area (Å²) < 4.78 is 3.83. The van der Waals surface area contributed by atoms with E-state index in [9.17, 15) is 0 Å². The summed E-state index contributed by atoms with van der Waals surface area (Å²) in [6.45, 7) is 7.89. The standard InChI is InChI=1S/C12H19N5/c1-5-17-10(3)12(7-14-17)13-6-11-8-16(4)15-9(11)2/h7-8,13H,5-6H2,1-4H3. The van der Waals surface area contributed by atoms with Crippen LogP contribution in [0.1, 0.15) is 23.9 Å². The third-order valence-electron chi connectivity index (χ3n) is 2.99. The van der Waals surface area contributed by atoms with Gasteiger partial charge in [-0.05, 0) is 20.8 Å². The SMILES string of the molecule is CCn1ncc(NCc2cn(C)nc2C)c1C. The summed E-state index contributed by atoms with van der Waals surface area (Å²) in [7, 11) is 1.94. The van der Waals surface area contributed by atoms with E-state index in [0.717, 1.165) is 24.5 Å². The molecule has 0 aliphatic rings. The van der Waals surface area contributed by atoms with Crippen LogP contribution in [-0.2, 0) is 20.1 Å². The van der Waals surface area contributed by atoms with Gasteiger partial charge in [0.1, 0.15) is 0 Å². The second-order valence-electron chi connectivity index (χ2n) is 4.23. The van der Waals surface area contributed by atoms with Crippen molar-refractivity contribution >= 4 is 5.69 Å². The highest BCUT2D eigenvalue weighted by Gasteiger charge is 2.06. The van der Waals surface area contributed by atoms with Crippen LogP contribution in [0.4, 0.5) is 5.69 Å². The van der Waals surface area contributed by atoms with Gasteiger partial charge in [-0.2, -0.15) is 10.2 Å². The fourth-order valence-corrected chi connectivity index (χ4v) is 1.95. The van der Waals surface area contributed by atoms with E-state index in [1.54, 1.807) is 0 Å². The van der Waals surface area contributed by atoms with Crippen LogP contribution in [0, 0.1) is 13.8 Å². The molecule has 0 aliphatic heterocycles. The Morgan fingerprint density at radius 2 is 2.12 bits per heavy atom. The lowest BCUT2D eigenvalue weighted by Crippen LogP contribution is -2.03. The van der Waals surface area contributed by atoms with Crippen LogP contribution in [0.25, 0.3) is 0 Å². The number of rotatable bonds is 4. The van der Waals surface area contributed by atoms with Gasteiger partial charge >= 0.3 is 0 Å². The van der Waals surface area contributed by atoms with Crippen molar-refractivity contribution in [1.29, 1.82) is 0 Å². The summed E-state index contributed by atoms with van der Waals surface area (Å²) in [5.41, 5.74) is 4.56. The number of aromatic nitrogens is 4. The number of anilines is 1. The second kappa shape index (κ2) is 4.61. The average Bonchev–Trinajstić information content (AvgIpc) is 2.79. The fraction of sp³-hybridized carbons (Fsp3) is 0.500. The van der Waals surface area contributed by atoms with E-state index >= 15 is 0 Å². The van der Waals surface area contributed by atoms with Crippen molar-refractivity contribution in [3.63, 3.8) is 0 Å². The molecule has 2 rings (SSSR count). The molecule has 0 aliphatic carbocycles. The Kier molecular flexibility index (Phi) is 3.17. The fourth-order valence-electron chi connectivity index (χ4n) is 1.95. The molecule has 2 heterocycles. The van der Waals surface area contributed by atoms with Gasteiger partial charge in [0.2, 0.25) is 0 Å². The minimum atomic E-state index is 0.788. The molecule has 1 N–H and O–H groups in total. The molecule has 2 aromatic heterocycles. The van der Waals surface area contributed by atoms with E-state index in [2.05, 4.69) is 29.4 Å². The normalized spacial score (nSPS) is 10.8.